The van der Waals surface area contributed by atoms with Gasteiger partial charge in [0.1, 0.15) is 6.04 Å². The van der Waals surface area contributed by atoms with Crippen molar-refractivity contribution in [3.63, 3.8) is 0 Å². The van der Waals surface area contributed by atoms with Gasteiger partial charge in [0.2, 0.25) is 5.91 Å². The van der Waals surface area contributed by atoms with Crippen LogP contribution < -0.4 is 5.32 Å². The molecule has 1 amide bonds. The van der Waals surface area contributed by atoms with Crippen LogP contribution in [0.4, 0.5) is 5.69 Å². The molecule has 2 heterocycles. The summed E-state index contributed by atoms with van der Waals surface area (Å²) in [7, 11) is 4.16. The molecule has 0 radical (unpaired) electrons. The smallest absolute Gasteiger partial charge is 0.245 e. The predicted molar refractivity (Wildman–Crippen MR) is 85.5 cm³/mol. The van der Waals surface area contributed by atoms with Crippen molar-refractivity contribution in [3.8, 4) is 0 Å². The van der Waals surface area contributed by atoms with Crippen molar-refractivity contribution < 1.29 is 4.79 Å². The zero-order valence-electron chi connectivity index (χ0n) is 13.0. The lowest BCUT2D eigenvalue weighted by molar-refractivity contribution is -0.133. The van der Waals surface area contributed by atoms with Gasteiger partial charge in [0.05, 0.1) is 0 Å². The second-order valence-electron chi connectivity index (χ2n) is 6.48. The number of rotatable bonds is 3. The molecule has 4 nitrogen and oxygen atoms in total. The molecular formula is C17H25N3O. The maximum atomic E-state index is 12.8. The number of para-hydroxylation sites is 1. The summed E-state index contributed by atoms with van der Waals surface area (Å²) in [4.78, 5) is 17.1. The number of aryl methyl sites for hydroxylation is 1. The zero-order chi connectivity index (χ0) is 14.8. The van der Waals surface area contributed by atoms with E-state index < -0.39 is 0 Å². The van der Waals surface area contributed by atoms with E-state index in [0.717, 1.165) is 44.5 Å². The summed E-state index contributed by atoms with van der Waals surface area (Å²) in [5.41, 5.74) is 2.46. The maximum absolute atomic E-state index is 12.8. The lowest BCUT2D eigenvalue weighted by atomic mass is 9.97. The summed E-state index contributed by atoms with van der Waals surface area (Å²) in [5.74, 6) is 0.286. The number of fused-ring (bicyclic) bond motifs is 1. The highest BCUT2D eigenvalue weighted by molar-refractivity contribution is 5.86. The van der Waals surface area contributed by atoms with E-state index in [0.29, 0.717) is 6.04 Å². The van der Waals surface area contributed by atoms with Crippen LogP contribution in [0.3, 0.4) is 0 Å². The second-order valence-corrected chi connectivity index (χ2v) is 6.48. The first-order chi connectivity index (χ1) is 10.1. The van der Waals surface area contributed by atoms with Crippen molar-refractivity contribution in [1.29, 1.82) is 0 Å². The van der Waals surface area contributed by atoms with Crippen LogP contribution in [0.25, 0.3) is 0 Å². The first-order valence-electron chi connectivity index (χ1n) is 7.95. The Balaban J connectivity index is 1.68. The number of anilines is 1. The first-order valence-corrected chi connectivity index (χ1v) is 7.95. The molecule has 114 valence electrons. The van der Waals surface area contributed by atoms with Crippen LogP contribution >= 0.6 is 0 Å². The van der Waals surface area contributed by atoms with Crippen molar-refractivity contribution in [2.75, 3.05) is 32.5 Å². The highest BCUT2D eigenvalue weighted by Gasteiger charge is 2.34. The third-order valence-corrected chi connectivity index (χ3v) is 4.58. The molecule has 2 aliphatic rings. The summed E-state index contributed by atoms with van der Waals surface area (Å²) in [6.07, 6.45) is 4.16. The molecule has 2 unspecified atom stereocenters. The van der Waals surface area contributed by atoms with Crippen LogP contribution in [0.1, 0.15) is 24.8 Å². The molecule has 1 fully saturated rings. The van der Waals surface area contributed by atoms with Crippen LogP contribution in [0, 0.1) is 0 Å². The average molecular weight is 287 g/mol. The monoisotopic (exact) mass is 287 g/mol. The van der Waals surface area contributed by atoms with Gasteiger partial charge >= 0.3 is 0 Å². The Morgan fingerprint density at radius 1 is 1.33 bits per heavy atom. The number of amides is 1. The lowest BCUT2D eigenvalue weighted by Crippen LogP contribution is -2.49. The minimum absolute atomic E-state index is 0.0531. The molecular weight excluding hydrogens is 262 g/mol. The third-order valence-electron chi connectivity index (χ3n) is 4.58. The molecule has 3 rings (SSSR count). The summed E-state index contributed by atoms with van der Waals surface area (Å²) in [6, 6.07) is 8.65. The lowest BCUT2D eigenvalue weighted by Gasteiger charge is -2.33. The maximum Gasteiger partial charge on any atom is 0.245 e. The quantitative estimate of drug-likeness (QED) is 0.923. The van der Waals surface area contributed by atoms with Gasteiger partial charge < -0.3 is 15.1 Å². The minimum atomic E-state index is -0.0531. The molecule has 2 atom stereocenters. The predicted octanol–water partition coefficient (Wildman–Crippen LogP) is 1.97. The number of hydrogen-bond acceptors (Lipinski definition) is 3. The van der Waals surface area contributed by atoms with Crippen LogP contribution in [0.2, 0.25) is 0 Å². The van der Waals surface area contributed by atoms with Crippen molar-refractivity contribution >= 4 is 11.6 Å². The molecule has 1 N–H and O–H groups in total. The topological polar surface area (TPSA) is 35.6 Å². The largest absolute Gasteiger partial charge is 0.373 e. The van der Waals surface area contributed by atoms with Gasteiger partial charge in [-0.2, -0.15) is 0 Å². The minimum Gasteiger partial charge on any atom is -0.373 e. The highest BCUT2D eigenvalue weighted by Crippen LogP contribution is 2.27. The SMILES string of the molecule is CN(C)CC1CCCN1C(=O)C1CCc2ccccc2N1. The summed E-state index contributed by atoms with van der Waals surface area (Å²) < 4.78 is 0. The Bertz CT molecular complexity index is 515. The van der Waals surface area contributed by atoms with Crippen LogP contribution in [0.5, 0.6) is 0 Å². The number of likely N-dealkylation sites (N-methyl/N-ethyl adjacent to an activating group) is 1. The van der Waals surface area contributed by atoms with Crippen LogP contribution in [-0.4, -0.2) is 55.0 Å². The Morgan fingerprint density at radius 2 is 2.14 bits per heavy atom. The molecule has 0 aliphatic carbocycles. The number of carbonyl (C=O) groups is 1. The van der Waals surface area contributed by atoms with Gasteiger partial charge in [0.25, 0.3) is 0 Å². The van der Waals surface area contributed by atoms with E-state index in [1.165, 1.54) is 5.56 Å². The average Bonchev–Trinajstić information content (AvgIpc) is 2.93. The fraction of sp³-hybridized carbons (Fsp3) is 0.588. The van der Waals surface area contributed by atoms with Gasteiger partial charge in [-0.25, -0.2) is 0 Å². The first kappa shape index (κ1) is 14.4. The fourth-order valence-electron chi connectivity index (χ4n) is 3.56. The van der Waals surface area contributed by atoms with E-state index >= 15 is 0 Å². The van der Waals surface area contributed by atoms with Crippen molar-refractivity contribution in [3.05, 3.63) is 29.8 Å². The molecule has 1 aromatic rings. The molecule has 0 aromatic heterocycles. The molecule has 21 heavy (non-hydrogen) atoms. The van der Waals surface area contributed by atoms with Gasteiger partial charge in [-0.15, -0.1) is 0 Å². The summed E-state index contributed by atoms with van der Waals surface area (Å²) in [6.45, 7) is 1.88. The highest BCUT2D eigenvalue weighted by atomic mass is 16.2. The number of likely N-dealkylation sites (tertiary alicyclic amines) is 1. The molecule has 2 aliphatic heterocycles. The Labute approximate surface area is 127 Å². The molecule has 1 aromatic carbocycles. The van der Waals surface area contributed by atoms with Crippen LogP contribution in [0.15, 0.2) is 24.3 Å². The van der Waals surface area contributed by atoms with Gasteiger partial charge in [-0.3, -0.25) is 4.79 Å². The van der Waals surface area contributed by atoms with Gasteiger partial charge in [0, 0.05) is 24.8 Å². The second kappa shape index (κ2) is 6.06. The van der Waals surface area contributed by atoms with E-state index in [2.05, 4.69) is 47.4 Å². The molecule has 1 saturated heterocycles. The van der Waals surface area contributed by atoms with E-state index in [1.54, 1.807) is 0 Å². The summed E-state index contributed by atoms with van der Waals surface area (Å²) >= 11 is 0. The fourth-order valence-corrected chi connectivity index (χ4v) is 3.56. The number of carbonyl (C=O) groups excluding carboxylic acids is 1. The number of hydrogen-bond donors (Lipinski definition) is 1. The van der Waals surface area contributed by atoms with E-state index in [1.807, 2.05) is 6.07 Å². The van der Waals surface area contributed by atoms with E-state index in [9.17, 15) is 4.79 Å². The number of nitrogens with zero attached hydrogens (tertiary/aromatic N) is 2. The Morgan fingerprint density at radius 3 is 2.95 bits per heavy atom. The van der Waals surface area contributed by atoms with Crippen molar-refractivity contribution in [2.24, 2.45) is 0 Å². The number of benzene rings is 1. The third kappa shape index (κ3) is 3.05. The van der Waals surface area contributed by atoms with Gasteiger partial charge in [-0.05, 0) is 51.4 Å². The van der Waals surface area contributed by atoms with Crippen molar-refractivity contribution in [1.82, 2.24) is 9.80 Å². The molecule has 0 spiro atoms. The standard InChI is InChI=1S/C17H25N3O/c1-19(2)12-14-7-5-11-20(14)17(21)16-10-9-13-6-3-4-8-15(13)18-16/h3-4,6,8,14,16,18H,5,7,9-12H2,1-2H3. The van der Waals surface area contributed by atoms with Crippen molar-refractivity contribution in [2.45, 2.75) is 37.8 Å². The normalized spacial score (nSPS) is 24.8. The summed E-state index contributed by atoms with van der Waals surface area (Å²) in [5, 5.41) is 3.44. The molecule has 0 saturated carbocycles. The van der Waals surface area contributed by atoms with Gasteiger partial charge in [0.15, 0.2) is 0 Å². The Hall–Kier alpha value is -1.55. The molecule has 4 heteroatoms. The molecule has 0 bridgehead atoms. The van der Waals surface area contributed by atoms with E-state index in [-0.39, 0.29) is 11.9 Å². The van der Waals surface area contributed by atoms with Gasteiger partial charge in [-0.1, -0.05) is 18.2 Å². The number of nitrogens with one attached hydrogen (secondary N) is 1. The zero-order valence-corrected chi connectivity index (χ0v) is 13.0. The Kier molecular flexibility index (Phi) is 4.15. The van der Waals surface area contributed by atoms with Crippen LogP contribution in [-0.2, 0) is 11.2 Å². The van der Waals surface area contributed by atoms with E-state index in [4.69, 9.17) is 0 Å².